The summed E-state index contributed by atoms with van der Waals surface area (Å²) in [6.45, 7) is 5.58. The molecule has 0 saturated carbocycles. The topological polar surface area (TPSA) is 51.0 Å². The number of hydrogen-bond acceptors (Lipinski definition) is 3. The zero-order valence-electron chi connectivity index (χ0n) is 13.2. The minimum absolute atomic E-state index is 0.180. The number of nitrogens with zero attached hydrogens (tertiary/aromatic N) is 4. The number of hydrogen-bond donors (Lipinski definition) is 0. The second kappa shape index (κ2) is 6.30. The summed E-state index contributed by atoms with van der Waals surface area (Å²) in [7, 11) is 0. The molecule has 1 saturated heterocycles. The van der Waals surface area contributed by atoms with Gasteiger partial charge in [0.25, 0.3) is 0 Å². The molecule has 116 valence electrons. The Kier molecular flexibility index (Phi) is 4.22. The van der Waals surface area contributed by atoms with Gasteiger partial charge in [0.2, 0.25) is 5.91 Å². The van der Waals surface area contributed by atoms with E-state index in [1.807, 2.05) is 41.8 Å². The van der Waals surface area contributed by atoms with Crippen LogP contribution in [0.5, 0.6) is 0 Å². The van der Waals surface area contributed by atoms with Gasteiger partial charge in [0.05, 0.1) is 18.7 Å². The van der Waals surface area contributed by atoms with Crippen molar-refractivity contribution < 1.29 is 4.79 Å². The highest BCUT2D eigenvalue weighted by Gasteiger charge is 2.25. The third kappa shape index (κ3) is 3.35. The normalized spacial score (nSPS) is 18.5. The van der Waals surface area contributed by atoms with Crippen molar-refractivity contribution in [1.29, 1.82) is 0 Å². The maximum absolute atomic E-state index is 12.5. The Morgan fingerprint density at radius 3 is 2.86 bits per heavy atom. The van der Waals surface area contributed by atoms with E-state index in [0.29, 0.717) is 12.5 Å². The minimum atomic E-state index is 0.180. The van der Waals surface area contributed by atoms with Gasteiger partial charge < -0.3 is 4.90 Å². The van der Waals surface area contributed by atoms with Gasteiger partial charge in [-0.1, -0.05) is 6.07 Å². The lowest BCUT2D eigenvalue weighted by molar-refractivity contribution is -0.132. The molecule has 3 heterocycles. The number of carbonyl (C=O) groups excluding carboxylic acids is 1. The van der Waals surface area contributed by atoms with Crippen LogP contribution in [0.4, 0.5) is 0 Å². The quantitative estimate of drug-likeness (QED) is 0.873. The summed E-state index contributed by atoms with van der Waals surface area (Å²) in [5, 5.41) is 4.40. The number of aryl methyl sites for hydroxylation is 2. The van der Waals surface area contributed by atoms with Crippen LogP contribution in [0.15, 0.2) is 30.7 Å². The highest BCUT2D eigenvalue weighted by atomic mass is 16.2. The minimum Gasteiger partial charge on any atom is -0.340 e. The van der Waals surface area contributed by atoms with E-state index in [9.17, 15) is 4.79 Å². The summed E-state index contributed by atoms with van der Waals surface area (Å²) in [5.41, 5.74) is 3.12. The van der Waals surface area contributed by atoms with Crippen molar-refractivity contribution in [2.45, 2.75) is 39.2 Å². The van der Waals surface area contributed by atoms with Crippen LogP contribution in [0, 0.1) is 13.8 Å². The molecular formula is C17H22N4O. The molecule has 2 aromatic rings. The number of rotatable bonds is 3. The maximum atomic E-state index is 12.5. The molecule has 3 rings (SSSR count). The van der Waals surface area contributed by atoms with Gasteiger partial charge in [-0.3, -0.25) is 14.5 Å². The summed E-state index contributed by atoms with van der Waals surface area (Å²) in [6.07, 6.45) is 8.27. The maximum Gasteiger partial charge on any atom is 0.227 e. The lowest BCUT2D eigenvalue weighted by Crippen LogP contribution is -2.41. The fourth-order valence-corrected chi connectivity index (χ4v) is 2.92. The van der Waals surface area contributed by atoms with Gasteiger partial charge in [-0.15, -0.1) is 0 Å². The van der Waals surface area contributed by atoms with E-state index in [0.717, 1.165) is 42.8 Å². The van der Waals surface area contributed by atoms with Crippen LogP contribution in [0.1, 0.15) is 35.7 Å². The molecule has 0 aliphatic carbocycles. The highest BCUT2D eigenvalue weighted by Crippen LogP contribution is 2.21. The Morgan fingerprint density at radius 1 is 1.32 bits per heavy atom. The molecule has 1 aliphatic heterocycles. The summed E-state index contributed by atoms with van der Waals surface area (Å²) < 4.78 is 2.00. The van der Waals surface area contributed by atoms with E-state index < -0.39 is 0 Å². The van der Waals surface area contributed by atoms with E-state index >= 15 is 0 Å². The molecule has 0 bridgehead atoms. The number of pyridine rings is 1. The zero-order chi connectivity index (χ0) is 15.5. The summed E-state index contributed by atoms with van der Waals surface area (Å²) in [4.78, 5) is 18.7. The Labute approximate surface area is 131 Å². The van der Waals surface area contributed by atoms with Crippen molar-refractivity contribution in [2.75, 3.05) is 13.1 Å². The van der Waals surface area contributed by atoms with Crippen molar-refractivity contribution in [2.24, 2.45) is 0 Å². The molecule has 0 unspecified atom stereocenters. The number of aromatic nitrogens is 3. The van der Waals surface area contributed by atoms with Gasteiger partial charge in [-0.25, -0.2) is 0 Å². The van der Waals surface area contributed by atoms with Crippen LogP contribution in [0.2, 0.25) is 0 Å². The van der Waals surface area contributed by atoms with E-state index in [2.05, 4.69) is 16.3 Å². The van der Waals surface area contributed by atoms with Crippen molar-refractivity contribution in [1.82, 2.24) is 19.7 Å². The van der Waals surface area contributed by atoms with Crippen LogP contribution in [0.3, 0.4) is 0 Å². The van der Waals surface area contributed by atoms with E-state index in [-0.39, 0.29) is 5.91 Å². The average molecular weight is 298 g/mol. The van der Waals surface area contributed by atoms with E-state index in [1.165, 1.54) is 0 Å². The Morgan fingerprint density at radius 2 is 2.18 bits per heavy atom. The summed E-state index contributed by atoms with van der Waals surface area (Å²) in [6, 6.07) is 4.23. The second-order valence-electron chi connectivity index (χ2n) is 6.12. The lowest BCUT2D eigenvalue weighted by Gasteiger charge is -2.33. The predicted octanol–water partition coefficient (Wildman–Crippen LogP) is 2.30. The number of piperidine rings is 1. The van der Waals surface area contributed by atoms with E-state index in [4.69, 9.17) is 0 Å². The molecule has 22 heavy (non-hydrogen) atoms. The first kappa shape index (κ1) is 14.8. The monoisotopic (exact) mass is 298 g/mol. The number of carbonyl (C=O) groups is 1. The third-order valence-electron chi connectivity index (χ3n) is 4.18. The molecule has 0 aromatic carbocycles. The molecule has 1 aliphatic rings. The van der Waals surface area contributed by atoms with Gasteiger partial charge in [0.1, 0.15) is 0 Å². The first-order valence-corrected chi connectivity index (χ1v) is 7.82. The predicted molar refractivity (Wildman–Crippen MR) is 84.5 cm³/mol. The second-order valence-corrected chi connectivity index (χ2v) is 6.12. The highest BCUT2D eigenvalue weighted by molar-refractivity contribution is 5.78. The molecule has 1 atom stereocenters. The van der Waals surface area contributed by atoms with Gasteiger partial charge in [0, 0.05) is 31.2 Å². The van der Waals surface area contributed by atoms with Crippen molar-refractivity contribution in [3.8, 4) is 0 Å². The largest absolute Gasteiger partial charge is 0.340 e. The first-order chi connectivity index (χ1) is 10.6. The Balaban J connectivity index is 1.63. The molecule has 0 radical (unpaired) electrons. The van der Waals surface area contributed by atoms with Crippen LogP contribution < -0.4 is 0 Å². The molecule has 1 fully saturated rings. The third-order valence-corrected chi connectivity index (χ3v) is 4.18. The van der Waals surface area contributed by atoms with Gasteiger partial charge in [-0.05, 0) is 43.9 Å². The molecule has 1 amide bonds. The van der Waals surface area contributed by atoms with Gasteiger partial charge in [0.15, 0.2) is 0 Å². The number of likely N-dealkylation sites (tertiary alicyclic amines) is 1. The molecular weight excluding hydrogens is 276 g/mol. The van der Waals surface area contributed by atoms with Crippen molar-refractivity contribution in [3.05, 3.63) is 47.5 Å². The summed E-state index contributed by atoms with van der Waals surface area (Å²) >= 11 is 0. The summed E-state index contributed by atoms with van der Waals surface area (Å²) in [5.74, 6) is 0.180. The first-order valence-electron chi connectivity index (χ1n) is 7.82. The fraction of sp³-hybridized carbons (Fsp3) is 0.471. The van der Waals surface area contributed by atoms with Gasteiger partial charge >= 0.3 is 0 Å². The average Bonchev–Trinajstić information content (AvgIpc) is 2.96. The fourth-order valence-electron chi connectivity index (χ4n) is 2.92. The lowest BCUT2D eigenvalue weighted by atomic mass is 10.0. The molecule has 5 heteroatoms. The molecule has 5 nitrogen and oxygen atoms in total. The molecule has 0 N–H and O–H groups in total. The van der Waals surface area contributed by atoms with Crippen LogP contribution in [-0.2, 0) is 11.2 Å². The number of amides is 1. The van der Waals surface area contributed by atoms with Crippen LogP contribution in [-0.4, -0.2) is 38.7 Å². The van der Waals surface area contributed by atoms with Gasteiger partial charge in [-0.2, -0.15) is 5.10 Å². The van der Waals surface area contributed by atoms with Crippen molar-refractivity contribution in [3.63, 3.8) is 0 Å². The standard InChI is InChI=1S/C17H22N4O/c1-13-9-19-21(11-13)16-4-3-7-20(12-16)17(22)8-15-6-5-14(2)18-10-15/h5-6,9-11,16H,3-4,7-8,12H2,1-2H3/t16-/m1/s1. The van der Waals surface area contributed by atoms with Crippen LogP contribution >= 0.6 is 0 Å². The van der Waals surface area contributed by atoms with Crippen molar-refractivity contribution >= 4 is 5.91 Å². The molecule has 2 aromatic heterocycles. The van der Waals surface area contributed by atoms with Crippen LogP contribution in [0.25, 0.3) is 0 Å². The SMILES string of the molecule is Cc1cnn([C@@H]2CCCN(C(=O)Cc3ccc(C)nc3)C2)c1. The zero-order valence-corrected chi connectivity index (χ0v) is 13.2. The van der Waals surface area contributed by atoms with E-state index in [1.54, 1.807) is 6.20 Å². The Bertz CT molecular complexity index is 647. The Hall–Kier alpha value is -2.17. The molecule has 0 spiro atoms. The smallest absolute Gasteiger partial charge is 0.227 e.